The Labute approximate surface area is 89.4 Å². The first-order chi connectivity index (χ1) is 7.13. The molecule has 1 heterocycles. The first-order valence-electron chi connectivity index (χ1n) is 4.54. The topological polar surface area (TPSA) is 55.4 Å². The molecule has 1 aliphatic heterocycles. The van der Waals surface area contributed by atoms with Gasteiger partial charge in [0.15, 0.2) is 0 Å². The third kappa shape index (κ3) is 1.59. The molecule has 0 aliphatic carbocycles. The van der Waals surface area contributed by atoms with Crippen molar-refractivity contribution in [3.63, 3.8) is 0 Å². The van der Waals surface area contributed by atoms with E-state index in [0.717, 1.165) is 5.69 Å². The Morgan fingerprint density at radius 2 is 2.13 bits per heavy atom. The lowest BCUT2D eigenvalue weighted by Crippen LogP contribution is -2.18. The number of methoxy groups -OCH3 is 1. The average molecular weight is 225 g/mol. The van der Waals surface area contributed by atoms with Crippen molar-refractivity contribution in [2.45, 2.75) is 13.0 Å². The van der Waals surface area contributed by atoms with Crippen molar-refractivity contribution in [2.24, 2.45) is 0 Å². The fraction of sp³-hybridized carbons (Fsp3) is 0.300. The fourth-order valence-corrected chi connectivity index (χ4v) is 2.44. The molecule has 0 fully saturated rings. The highest BCUT2D eigenvalue weighted by atomic mass is 32.2. The van der Waals surface area contributed by atoms with Gasteiger partial charge in [-0.3, -0.25) is 0 Å². The van der Waals surface area contributed by atoms with Gasteiger partial charge in [-0.25, -0.2) is 0 Å². The van der Waals surface area contributed by atoms with Gasteiger partial charge in [-0.2, -0.15) is 8.42 Å². The van der Waals surface area contributed by atoms with E-state index < -0.39 is 10.3 Å². The Morgan fingerprint density at radius 3 is 2.73 bits per heavy atom. The second kappa shape index (κ2) is 3.58. The molecule has 1 unspecified atom stereocenters. The molecule has 80 valence electrons. The van der Waals surface area contributed by atoms with Crippen LogP contribution in [0.3, 0.4) is 0 Å². The van der Waals surface area contributed by atoms with Crippen LogP contribution in [0.1, 0.15) is 12.5 Å². The van der Waals surface area contributed by atoms with E-state index >= 15 is 0 Å². The maximum Gasteiger partial charge on any atom is 0.220 e. The fourth-order valence-electron chi connectivity index (χ4n) is 1.75. The van der Waals surface area contributed by atoms with Gasteiger partial charge in [0, 0.05) is 11.3 Å². The van der Waals surface area contributed by atoms with Gasteiger partial charge >= 0.3 is 0 Å². The number of rotatable bonds is 1. The van der Waals surface area contributed by atoms with Gasteiger partial charge in [0.2, 0.25) is 10.3 Å². The molecular weight excluding hydrogens is 214 g/mol. The van der Waals surface area contributed by atoms with E-state index in [0.29, 0.717) is 16.2 Å². The van der Waals surface area contributed by atoms with Gasteiger partial charge < -0.3 is 10.1 Å². The van der Waals surface area contributed by atoms with Crippen LogP contribution in [0.2, 0.25) is 0 Å². The van der Waals surface area contributed by atoms with Crippen LogP contribution in [-0.2, 0) is 10.3 Å². The van der Waals surface area contributed by atoms with E-state index in [4.69, 9.17) is 4.74 Å². The molecule has 0 saturated heterocycles. The molecule has 0 radical (unpaired) electrons. The lowest BCUT2D eigenvalue weighted by atomic mass is 10.1. The smallest absolute Gasteiger partial charge is 0.220 e. The van der Waals surface area contributed by atoms with Gasteiger partial charge in [-0.15, -0.1) is 0 Å². The summed E-state index contributed by atoms with van der Waals surface area (Å²) in [6.07, 6.45) is 0. The summed E-state index contributed by atoms with van der Waals surface area (Å²) >= 11 is 0. The summed E-state index contributed by atoms with van der Waals surface area (Å²) in [4.78, 5) is 0.393. The van der Waals surface area contributed by atoms with Crippen molar-refractivity contribution in [1.82, 2.24) is 0 Å². The quantitative estimate of drug-likeness (QED) is 0.722. The molecule has 0 amide bonds. The van der Waals surface area contributed by atoms with Crippen molar-refractivity contribution in [2.75, 3.05) is 12.4 Å². The van der Waals surface area contributed by atoms with Crippen LogP contribution in [0.5, 0.6) is 5.75 Å². The Balaban J connectivity index is 2.67. The van der Waals surface area contributed by atoms with E-state index in [2.05, 4.69) is 5.32 Å². The van der Waals surface area contributed by atoms with Crippen molar-refractivity contribution in [3.8, 4) is 5.75 Å². The monoisotopic (exact) mass is 225 g/mol. The Bertz CT molecular complexity index is 526. The second-order valence-corrected chi connectivity index (χ2v) is 4.29. The van der Waals surface area contributed by atoms with Crippen LogP contribution in [-0.4, -0.2) is 26.4 Å². The summed E-state index contributed by atoms with van der Waals surface area (Å²) < 4.78 is 27.2. The third-order valence-corrected chi connectivity index (χ3v) is 3.37. The molecule has 1 aromatic rings. The van der Waals surface area contributed by atoms with E-state index in [1.54, 1.807) is 19.2 Å². The number of hydrogen-bond donors (Lipinski definition) is 1. The van der Waals surface area contributed by atoms with Crippen molar-refractivity contribution < 1.29 is 13.2 Å². The minimum absolute atomic E-state index is 0.176. The Hall–Kier alpha value is -1.49. The van der Waals surface area contributed by atoms with E-state index in [1.165, 1.54) is 0 Å². The van der Waals surface area contributed by atoms with E-state index in [1.807, 2.05) is 13.0 Å². The van der Waals surface area contributed by atoms with Crippen LogP contribution < -0.4 is 10.1 Å². The standard InChI is InChI=1S/C10H11NO3S/c1-6-10(15(12)13)8-5-7(14-2)3-4-9(8)11-6/h3-6,11H,1-2H3. The first kappa shape index (κ1) is 10.0. The number of benzene rings is 1. The predicted octanol–water partition coefficient (Wildman–Crippen LogP) is 0.909. The van der Waals surface area contributed by atoms with Gasteiger partial charge in [0.1, 0.15) is 10.6 Å². The Kier molecular flexibility index (Phi) is 2.40. The molecule has 1 aliphatic rings. The van der Waals surface area contributed by atoms with Crippen LogP contribution in [0.4, 0.5) is 5.69 Å². The second-order valence-electron chi connectivity index (χ2n) is 3.38. The number of fused-ring (bicyclic) bond motifs is 1. The molecule has 1 N–H and O–H groups in total. The zero-order valence-electron chi connectivity index (χ0n) is 8.44. The molecule has 1 atom stereocenters. The van der Waals surface area contributed by atoms with E-state index in [9.17, 15) is 8.42 Å². The van der Waals surface area contributed by atoms with Crippen LogP contribution in [0, 0.1) is 0 Å². The summed E-state index contributed by atoms with van der Waals surface area (Å²) in [5.41, 5.74) is 1.54. The average Bonchev–Trinajstić information content (AvgIpc) is 2.52. The molecule has 0 bridgehead atoms. The first-order valence-corrected chi connectivity index (χ1v) is 5.62. The van der Waals surface area contributed by atoms with Gasteiger partial charge in [0.25, 0.3) is 0 Å². The highest BCUT2D eigenvalue weighted by Gasteiger charge is 2.25. The molecular formula is C10H11NO3S. The highest BCUT2D eigenvalue weighted by Crippen LogP contribution is 2.29. The minimum atomic E-state index is -2.19. The summed E-state index contributed by atoms with van der Waals surface area (Å²) in [6.45, 7) is 1.82. The zero-order chi connectivity index (χ0) is 11.0. The Morgan fingerprint density at radius 1 is 1.40 bits per heavy atom. The van der Waals surface area contributed by atoms with Crippen LogP contribution in [0.15, 0.2) is 18.2 Å². The largest absolute Gasteiger partial charge is 0.497 e. The molecule has 5 heteroatoms. The minimum Gasteiger partial charge on any atom is -0.497 e. The van der Waals surface area contributed by atoms with Crippen LogP contribution in [0.25, 0.3) is 0 Å². The summed E-state index contributed by atoms with van der Waals surface area (Å²) in [7, 11) is -0.637. The van der Waals surface area contributed by atoms with E-state index in [-0.39, 0.29) is 6.04 Å². The molecule has 1 aromatic carbocycles. The molecule has 0 aromatic heterocycles. The number of hydrogen-bond acceptors (Lipinski definition) is 4. The molecule has 4 nitrogen and oxygen atoms in total. The number of nitrogens with one attached hydrogen (secondary N) is 1. The van der Waals surface area contributed by atoms with Gasteiger partial charge in [0.05, 0.1) is 13.2 Å². The number of anilines is 1. The lowest BCUT2D eigenvalue weighted by molar-refractivity contribution is 0.415. The molecule has 0 saturated carbocycles. The summed E-state index contributed by atoms with van der Waals surface area (Å²) in [5, 5.41) is 3.09. The SMILES string of the molecule is COc1ccc2c(c1)C(=S(=O)=O)C(C)N2. The van der Waals surface area contributed by atoms with Crippen molar-refractivity contribution in [3.05, 3.63) is 23.8 Å². The normalized spacial score (nSPS) is 18.3. The maximum absolute atomic E-state index is 11.1. The summed E-state index contributed by atoms with van der Waals surface area (Å²) in [6, 6.07) is 5.18. The van der Waals surface area contributed by atoms with Crippen molar-refractivity contribution in [1.29, 1.82) is 0 Å². The highest BCUT2D eigenvalue weighted by molar-refractivity contribution is 7.73. The maximum atomic E-state index is 11.1. The third-order valence-electron chi connectivity index (χ3n) is 2.44. The summed E-state index contributed by atoms with van der Waals surface area (Å²) in [5.74, 6) is 0.660. The molecule has 15 heavy (non-hydrogen) atoms. The molecule has 2 rings (SSSR count). The van der Waals surface area contributed by atoms with Crippen LogP contribution >= 0.6 is 0 Å². The number of ether oxygens (including phenoxy) is 1. The van der Waals surface area contributed by atoms with Gasteiger partial charge in [-0.05, 0) is 25.1 Å². The zero-order valence-corrected chi connectivity index (χ0v) is 9.26. The lowest BCUT2D eigenvalue weighted by Gasteiger charge is -2.02. The van der Waals surface area contributed by atoms with Gasteiger partial charge in [-0.1, -0.05) is 0 Å². The van der Waals surface area contributed by atoms with Crippen molar-refractivity contribution >= 4 is 20.8 Å². The molecule has 0 spiro atoms. The predicted molar refractivity (Wildman–Crippen MR) is 59.1 cm³/mol.